The fraction of sp³-hybridized carbons (Fsp3) is 0.625. The van der Waals surface area contributed by atoms with Gasteiger partial charge in [0.15, 0.2) is 0 Å². The molecule has 0 bridgehead atoms. The third-order valence-corrected chi connectivity index (χ3v) is 3.02. The smallest absolute Gasteiger partial charge is 0.122 e. The second kappa shape index (κ2) is 8.98. The SMILES string of the molecule is CCCNC(C)CCc1ccccc1OCCC. The van der Waals surface area contributed by atoms with Crippen molar-refractivity contribution in [2.75, 3.05) is 13.2 Å². The first-order valence-electron chi connectivity index (χ1n) is 7.22. The first-order valence-corrected chi connectivity index (χ1v) is 7.22. The highest BCUT2D eigenvalue weighted by atomic mass is 16.5. The Balaban J connectivity index is 2.45. The molecule has 1 atom stereocenters. The minimum atomic E-state index is 0.573. The second-order valence-electron chi connectivity index (χ2n) is 4.85. The summed E-state index contributed by atoms with van der Waals surface area (Å²) in [6.45, 7) is 8.51. The van der Waals surface area contributed by atoms with Gasteiger partial charge in [-0.25, -0.2) is 0 Å². The molecule has 102 valence electrons. The van der Waals surface area contributed by atoms with Crippen LogP contribution in [0.25, 0.3) is 0 Å². The maximum atomic E-state index is 5.78. The van der Waals surface area contributed by atoms with E-state index in [1.54, 1.807) is 0 Å². The second-order valence-corrected chi connectivity index (χ2v) is 4.85. The van der Waals surface area contributed by atoms with E-state index in [1.807, 2.05) is 6.07 Å². The molecule has 2 heteroatoms. The molecule has 1 unspecified atom stereocenters. The number of nitrogens with one attached hydrogen (secondary N) is 1. The molecule has 0 heterocycles. The van der Waals surface area contributed by atoms with Crippen molar-refractivity contribution >= 4 is 0 Å². The molecule has 0 aliphatic carbocycles. The first-order chi connectivity index (χ1) is 8.77. The molecular weight excluding hydrogens is 222 g/mol. The Kier molecular flexibility index (Phi) is 7.51. The molecular formula is C16H27NO. The maximum Gasteiger partial charge on any atom is 0.122 e. The molecule has 0 saturated carbocycles. The van der Waals surface area contributed by atoms with Gasteiger partial charge in [0.05, 0.1) is 6.61 Å². The van der Waals surface area contributed by atoms with Crippen molar-refractivity contribution in [3.8, 4) is 5.75 Å². The lowest BCUT2D eigenvalue weighted by Crippen LogP contribution is -2.27. The molecule has 0 aromatic heterocycles. The van der Waals surface area contributed by atoms with E-state index < -0.39 is 0 Å². The van der Waals surface area contributed by atoms with Crippen molar-refractivity contribution in [3.05, 3.63) is 29.8 Å². The minimum absolute atomic E-state index is 0.573. The van der Waals surface area contributed by atoms with Crippen LogP contribution in [0.15, 0.2) is 24.3 Å². The van der Waals surface area contributed by atoms with Crippen LogP contribution in [0.3, 0.4) is 0 Å². The van der Waals surface area contributed by atoms with Crippen molar-refractivity contribution in [2.45, 2.75) is 52.5 Å². The monoisotopic (exact) mass is 249 g/mol. The fourth-order valence-electron chi connectivity index (χ4n) is 1.93. The maximum absolute atomic E-state index is 5.78. The average molecular weight is 249 g/mol. The Morgan fingerprint density at radius 2 is 1.94 bits per heavy atom. The van der Waals surface area contributed by atoms with Gasteiger partial charge in [0, 0.05) is 6.04 Å². The van der Waals surface area contributed by atoms with Gasteiger partial charge in [0.2, 0.25) is 0 Å². The van der Waals surface area contributed by atoms with Gasteiger partial charge < -0.3 is 10.1 Å². The van der Waals surface area contributed by atoms with E-state index in [9.17, 15) is 0 Å². The molecule has 0 aliphatic rings. The molecule has 0 fully saturated rings. The first kappa shape index (κ1) is 15.0. The predicted octanol–water partition coefficient (Wildman–Crippen LogP) is 3.80. The fourth-order valence-corrected chi connectivity index (χ4v) is 1.93. The largest absolute Gasteiger partial charge is 0.493 e. The quantitative estimate of drug-likeness (QED) is 0.719. The van der Waals surface area contributed by atoms with Crippen LogP contribution >= 0.6 is 0 Å². The van der Waals surface area contributed by atoms with Gasteiger partial charge in [-0.1, -0.05) is 32.0 Å². The highest BCUT2D eigenvalue weighted by Crippen LogP contribution is 2.20. The zero-order chi connectivity index (χ0) is 13.2. The van der Waals surface area contributed by atoms with E-state index in [0.717, 1.165) is 38.2 Å². The van der Waals surface area contributed by atoms with Crippen LogP contribution in [0.2, 0.25) is 0 Å². The lowest BCUT2D eigenvalue weighted by Gasteiger charge is -2.15. The standard InChI is InChI=1S/C16H27NO/c1-4-12-17-14(3)10-11-15-8-6-7-9-16(15)18-13-5-2/h6-9,14,17H,4-5,10-13H2,1-3H3. The predicted molar refractivity (Wildman–Crippen MR) is 78.3 cm³/mol. The lowest BCUT2D eigenvalue weighted by molar-refractivity contribution is 0.313. The Morgan fingerprint density at radius 3 is 2.67 bits per heavy atom. The Bertz CT molecular complexity index is 325. The van der Waals surface area contributed by atoms with E-state index in [1.165, 1.54) is 12.0 Å². The summed E-state index contributed by atoms with van der Waals surface area (Å²) in [6.07, 6.45) is 4.49. The molecule has 2 nitrogen and oxygen atoms in total. The zero-order valence-corrected chi connectivity index (χ0v) is 12.0. The van der Waals surface area contributed by atoms with Crippen LogP contribution in [-0.4, -0.2) is 19.2 Å². The number of aryl methyl sites for hydroxylation is 1. The summed E-state index contributed by atoms with van der Waals surface area (Å²) in [5.41, 5.74) is 1.33. The summed E-state index contributed by atoms with van der Waals surface area (Å²) in [5.74, 6) is 1.06. The van der Waals surface area contributed by atoms with Crippen LogP contribution in [0.1, 0.15) is 45.6 Å². The number of benzene rings is 1. The lowest BCUT2D eigenvalue weighted by atomic mass is 10.1. The average Bonchev–Trinajstić information content (AvgIpc) is 2.41. The van der Waals surface area contributed by atoms with Gasteiger partial charge >= 0.3 is 0 Å². The van der Waals surface area contributed by atoms with Gasteiger partial charge in [-0.3, -0.25) is 0 Å². The molecule has 1 N–H and O–H groups in total. The Labute approximate surface area is 112 Å². The summed E-state index contributed by atoms with van der Waals surface area (Å²) in [6, 6.07) is 8.97. The van der Waals surface area contributed by atoms with Crippen molar-refractivity contribution in [2.24, 2.45) is 0 Å². The normalized spacial score (nSPS) is 12.4. The highest BCUT2D eigenvalue weighted by Gasteiger charge is 2.05. The van der Waals surface area contributed by atoms with Crippen molar-refractivity contribution in [1.29, 1.82) is 0 Å². The van der Waals surface area contributed by atoms with Crippen LogP contribution < -0.4 is 10.1 Å². The van der Waals surface area contributed by atoms with Gasteiger partial charge in [-0.05, 0) is 50.8 Å². The molecule has 0 aliphatic heterocycles. The van der Waals surface area contributed by atoms with Crippen LogP contribution in [-0.2, 0) is 6.42 Å². The third kappa shape index (κ3) is 5.54. The van der Waals surface area contributed by atoms with Gasteiger partial charge in [-0.2, -0.15) is 0 Å². The zero-order valence-electron chi connectivity index (χ0n) is 12.0. The molecule has 0 amide bonds. The summed E-state index contributed by atoms with van der Waals surface area (Å²) in [4.78, 5) is 0. The topological polar surface area (TPSA) is 21.3 Å². The molecule has 1 aromatic carbocycles. The summed E-state index contributed by atoms with van der Waals surface area (Å²) in [5, 5.41) is 3.52. The molecule has 18 heavy (non-hydrogen) atoms. The number of hydrogen-bond acceptors (Lipinski definition) is 2. The van der Waals surface area contributed by atoms with Gasteiger partial charge in [0.25, 0.3) is 0 Å². The third-order valence-electron chi connectivity index (χ3n) is 3.02. The van der Waals surface area contributed by atoms with E-state index in [4.69, 9.17) is 4.74 Å². The van der Waals surface area contributed by atoms with Crippen molar-refractivity contribution < 1.29 is 4.74 Å². The molecule has 1 rings (SSSR count). The summed E-state index contributed by atoms with van der Waals surface area (Å²) in [7, 11) is 0. The van der Waals surface area contributed by atoms with Gasteiger partial charge in [0.1, 0.15) is 5.75 Å². The van der Waals surface area contributed by atoms with Crippen molar-refractivity contribution in [3.63, 3.8) is 0 Å². The Hall–Kier alpha value is -1.02. The Morgan fingerprint density at radius 1 is 1.17 bits per heavy atom. The number of rotatable bonds is 9. The van der Waals surface area contributed by atoms with E-state index in [2.05, 4.69) is 44.3 Å². The number of para-hydroxylation sites is 1. The van der Waals surface area contributed by atoms with Gasteiger partial charge in [-0.15, -0.1) is 0 Å². The molecule has 0 spiro atoms. The van der Waals surface area contributed by atoms with E-state index in [0.29, 0.717) is 6.04 Å². The number of hydrogen-bond donors (Lipinski definition) is 1. The van der Waals surface area contributed by atoms with Crippen LogP contribution in [0.4, 0.5) is 0 Å². The summed E-state index contributed by atoms with van der Waals surface area (Å²) >= 11 is 0. The highest BCUT2D eigenvalue weighted by molar-refractivity contribution is 5.33. The summed E-state index contributed by atoms with van der Waals surface area (Å²) < 4.78 is 5.78. The van der Waals surface area contributed by atoms with E-state index in [-0.39, 0.29) is 0 Å². The van der Waals surface area contributed by atoms with E-state index >= 15 is 0 Å². The van der Waals surface area contributed by atoms with Crippen LogP contribution in [0.5, 0.6) is 5.75 Å². The molecule has 0 saturated heterocycles. The van der Waals surface area contributed by atoms with Crippen molar-refractivity contribution in [1.82, 2.24) is 5.32 Å². The number of ether oxygens (including phenoxy) is 1. The minimum Gasteiger partial charge on any atom is -0.493 e. The molecule has 1 aromatic rings. The molecule has 0 radical (unpaired) electrons. The van der Waals surface area contributed by atoms with Crippen LogP contribution in [0, 0.1) is 0 Å².